The van der Waals surface area contributed by atoms with E-state index in [0.29, 0.717) is 6.54 Å². The molecule has 4 rings (SSSR count). The molecule has 1 aromatic heterocycles. The highest BCUT2D eigenvalue weighted by molar-refractivity contribution is 6.31. The topological polar surface area (TPSA) is 50.2 Å². The molecule has 1 saturated heterocycles. The molecule has 0 spiro atoms. The van der Waals surface area contributed by atoms with E-state index in [1.54, 1.807) is 0 Å². The Hall–Kier alpha value is -2.63. The number of amides is 1. The average molecular weight is 437 g/mol. The van der Waals surface area contributed by atoms with Crippen LogP contribution in [0.4, 0.5) is 0 Å². The van der Waals surface area contributed by atoms with Crippen LogP contribution in [0.25, 0.3) is 0 Å². The molecule has 5 nitrogen and oxygen atoms in total. The highest BCUT2D eigenvalue weighted by Gasteiger charge is 2.25. The number of nitrogens with one attached hydrogen (secondary N) is 1. The van der Waals surface area contributed by atoms with Crippen molar-refractivity contribution in [2.75, 3.05) is 13.1 Å². The first-order valence-electron chi connectivity index (χ1n) is 10.9. The number of hydrogen-bond donors (Lipinski definition) is 1. The second-order valence-corrected chi connectivity index (χ2v) is 8.71. The number of rotatable bonds is 7. The van der Waals surface area contributed by atoms with E-state index in [1.165, 1.54) is 5.56 Å². The van der Waals surface area contributed by atoms with E-state index >= 15 is 0 Å². The minimum atomic E-state index is 0.0213. The number of hydrogen-bond acceptors (Lipinski definition) is 3. The summed E-state index contributed by atoms with van der Waals surface area (Å²) in [7, 11) is 0. The van der Waals surface area contributed by atoms with Crippen LogP contribution in [0.1, 0.15) is 35.4 Å². The molecule has 6 heteroatoms. The average Bonchev–Trinajstić information content (AvgIpc) is 3.18. The van der Waals surface area contributed by atoms with Crippen LogP contribution in [-0.4, -0.2) is 33.4 Å². The number of aromatic nitrogens is 2. The lowest BCUT2D eigenvalue weighted by molar-refractivity contribution is -0.126. The lowest BCUT2D eigenvalue weighted by Crippen LogP contribution is -2.42. The summed E-state index contributed by atoms with van der Waals surface area (Å²) in [6, 6.07) is 16.3. The molecule has 2 heterocycles. The van der Waals surface area contributed by atoms with Crippen LogP contribution >= 0.6 is 11.6 Å². The second kappa shape index (κ2) is 10.1. The SMILES string of the molecule is Cc1nccn1Cc1cccc(CNC(=O)C2CCCN(Cc3ccccc3Cl)C2)c1. The van der Waals surface area contributed by atoms with Gasteiger partial charge in [0.15, 0.2) is 0 Å². The molecule has 0 radical (unpaired) electrons. The van der Waals surface area contributed by atoms with Gasteiger partial charge in [-0.05, 0) is 49.1 Å². The van der Waals surface area contributed by atoms with E-state index in [0.717, 1.165) is 61.0 Å². The number of halogens is 1. The Morgan fingerprint density at radius 2 is 2.00 bits per heavy atom. The predicted molar refractivity (Wildman–Crippen MR) is 124 cm³/mol. The molecule has 1 aliphatic rings. The van der Waals surface area contributed by atoms with Crippen molar-refractivity contribution in [2.24, 2.45) is 5.92 Å². The molecule has 162 valence electrons. The van der Waals surface area contributed by atoms with Gasteiger partial charge in [-0.1, -0.05) is 54.1 Å². The number of likely N-dealkylation sites (tertiary alicyclic amines) is 1. The van der Waals surface area contributed by atoms with Crippen LogP contribution in [-0.2, 0) is 24.4 Å². The maximum absolute atomic E-state index is 12.8. The Bertz CT molecular complexity index is 1030. The summed E-state index contributed by atoms with van der Waals surface area (Å²) in [4.78, 5) is 19.5. The molecular formula is C25H29ClN4O. The monoisotopic (exact) mass is 436 g/mol. The summed E-state index contributed by atoms with van der Waals surface area (Å²) in [5.41, 5.74) is 3.44. The Morgan fingerprint density at radius 1 is 1.16 bits per heavy atom. The van der Waals surface area contributed by atoms with Gasteiger partial charge in [-0.3, -0.25) is 9.69 Å². The Labute approximate surface area is 189 Å². The van der Waals surface area contributed by atoms with Gasteiger partial charge < -0.3 is 9.88 Å². The quantitative estimate of drug-likeness (QED) is 0.596. The molecule has 1 N–H and O–H groups in total. The molecule has 0 bridgehead atoms. The molecule has 31 heavy (non-hydrogen) atoms. The van der Waals surface area contributed by atoms with Gasteiger partial charge in [0.05, 0.1) is 5.92 Å². The number of piperidine rings is 1. The summed E-state index contributed by atoms with van der Waals surface area (Å²) in [6.45, 7) is 5.91. The molecule has 1 atom stereocenters. The number of nitrogens with zero attached hydrogens (tertiary/aromatic N) is 3. The van der Waals surface area contributed by atoms with E-state index in [2.05, 4.69) is 50.1 Å². The van der Waals surface area contributed by atoms with Crippen LogP contribution < -0.4 is 5.32 Å². The summed E-state index contributed by atoms with van der Waals surface area (Å²) in [5.74, 6) is 1.16. The molecule has 0 saturated carbocycles. The molecule has 1 amide bonds. The molecule has 1 aliphatic heterocycles. The second-order valence-electron chi connectivity index (χ2n) is 8.31. The summed E-state index contributed by atoms with van der Waals surface area (Å²) < 4.78 is 2.12. The zero-order valence-corrected chi connectivity index (χ0v) is 18.7. The molecule has 3 aromatic rings. The Balaban J connectivity index is 1.31. The van der Waals surface area contributed by atoms with Crippen molar-refractivity contribution in [3.05, 3.63) is 88.5 Å². The maximum atomic E-state index is 12.8. The van der Waals surface area contributed by atoms with Crippen LogP contribution in [0, 0.1) is 12.8 Å². The first-order valence-corrected chi connectivity index (χ1v) is 11.3. The minimum Gasteiger partial charge on any atom is -0.352 e. The van der Waals surface area contributed by atoms with Gasteiger partial charge in [0.1, 0.15) is 5.82 Å². The van der Waals surface area contributed by atoms with Crippen LogP contribution in [0.3, 0.4) is 0 Å². The van der Waals surface area contributed by atoms with Gasteiger partial charge in [0.25, 0.3) is 0 Å². The van der Waals surface area contributed by atoms with E-state index in [1.807, 2.05) is 37.5 Å². The minimum absolute atomic E-state index is 0.0213. The van der Waals surface area contributed by atoms with Crippen molar-refractivity contribution in [1.29, 1.82) is 0 Å². The normalized spacial score (nSPS) is 16.9. The van der Waals surface area contributed by atoms with E-state index in [-0.39, 0.29) is 11.8 Å². The molecular weight excluding hydrogens is 408 g/mol. The van der Waals surface area contributed by atoms with E-state index < -0.39 is 0 Å². The van der Waals surface area contributed by atoms with Crippen molar-refractivity contribution in [2.45, 2.75) is 39.4 Å². The Morgan fingerprint density at radius 3 is 2.81 bits per heavy atom. The maximum Gasteiger partial charge on any atom is 0.224 e. The smallest absolute Gasteiger partial charge is 0.224 e. The van der Waals surface area contributed by atoms with Crippen molar-refractivity contribution < 1.29 is 4.79 Å². The van der Waals surface area contributed by atoms with Gasteiger partial charge in [-0.2, -0.15) is 0 Å². The van der Waals surface area contributed by atoms with E-state index in [4.69, 9.17) is 11.6 Å². The highest BCUT2D eigenvalue weighted by atomic mass is 35.5. The summed E-state index contributed by atoms with van der Waals surface area (Å²) >= 11 is 6.31. The standard InChI is InChI=1S/C25H29ClN4O/c1-19-27-11-13-30(19)16-21-7-4-6-20(14-21)15-28-25(31)23-9-5-12-29(18-23)17-22-8-2-3-10-24(22)26/h2-4,6-8,10-11,13-14,23H,5,9,12,15-18H2,1H3,(H,28,31). The fraction of sp³-hybridized carbons (Fsp3) is 0.360. The fourth-order valence-electron chi connectivity index (χ4n) is 4.22. The largest absolute Gasteiger partial charge is 0.352 e. The zero-order chi connectivity index (χ0) is 21.6. The molecule has 0 aliphatic carbocycles. The lowest BCUT2D eigenvalue weighted by Gasteiger charge is -2.32. The molecule has 2 aromatic carbocycles. The van der Waals surface area contributed by atoms with Gasteiger partial charge in [0.2, 0.25) is 5.91 Å². The van der Waals surface area contributed by atoms with Gasteiger partial charge >= 0.3 is 0 Å². The third kappa shape index (κ3) is 5.75. The number of carbonyl (C=O) groups is 1. The summed E-state index contributed by atoms with van der Waals surface area (Å²) in [6.07, 6.45) is 5.77. The zero-order valence-electron chi connectivity index (χ0n) is 17.9. The fourth-order valence-corrected chi connectivity index (χ4v) is 4.42. The van der Waals surface area contributed by atoms with Gasteiger partial charge in [-0.25, -0.2) is 4.98 Å². The third-order valence-corrected chi connectivity index (χ3v) is 6.33. The van der Waals surface area contributed by atoms with Crippen LogP contribution in [0.2, 0.25) is 5.02 Å². The first-order chi connectivity index (χ1) is 15.1. The van der Waals surface area contributed by atoms with Crippen LogP contribution in [0.15, 0.2) is 60.9 Å². The van der Waals surface area contributed by atoms with Gasteiger partial charge in [-0.15, -0.1) is 0 Å². The van der Waals surface area contributed by atoms with E-state index in [9.17, 15) is 4.79 Å². The number of aryl methyl sites for hydroxylation is 1. The Kier molecular flexibility index (Phi) is 7.05. The molecule has 1 fully saturated rings. The van der Waals surface area contributed by atoms with Gasteiger partial charge in [0, 0.05) is 43.6 Å². The number of carbonyl (C=O) groups excluding carboxylic acids is 1. The van der Waals surface area contributed by atoms with Crippen molar-refractivity contribution in [3.63, 3.8) is 0 Å². The third-order valence-electron chi connectivity index (χ3n) is 5.96. The van der Waals surface area contributed by atoms with Crippen molar-refractivity contribution >= 4 is 17.5 Å². The number of imidazole rings is 1. The number of benzene rings is 2. The van der Waals surface area contributed by atoms with Crippen molar-refractivity contribution in [3.8, 4) is 0 Å². The van der Waals surface area contributed by atoms with Crippen molar-refractivity contribution in [1.82, 2.24) is 19.8 Å². The predicted octanol–water partition coefficient (Wildman–Crippen LogP) is 4.42. The van der Waals surface area contributed by atoms with Crippen LogP contribution in [0.5, 0.6) is 0 Å². The first kappa shape index (κ1) is 21.6. The molecule has 1 unspecified atom stereocenters. The summed E-state index contributed by atoms with van der Waals surface area (Å²) in [5, 5.41) is 3.94. The highest BCUT2D eigenvalue weighted by Crippen LogP contribution is 2.22. The lowest BCUT2D eigenvalue weighted by atomic mass is 9.96.